The monoisotopic (exact) mass is 339 g/mol. The summed E-state index contributed by atoms with van der Waals surface area (Å²) < 4.78 is 16.2. The quantitative estimate of drug-likeness (QED) is 0.576. The molecule has 0 aliphatic heterocycles. The SMILES string of the molecule is COc1ccc2oc(C(=O)Oc3cccc(NC(C)=O)c3)c(C)c2c1. The van der Waals surface area contributed by atoms with Crippen molar-refractivity contribution in [2.75, 3.05) is 12.4 Å². The normalized spacial score (nSPS) is 10.5. The average molecular weight is 339 g/mol. The van der Waals surface area contributed by atoms with Gasteiger partial charge >= 0.3 is 5.97 Å². The Morgan fingerprint density at radius 3 is 2.60 bits per heavy atom. The molecule has 3 aromatic rings. The molecule has 0 fully saturated rings. The zero-order valence-electron chi connectivity index (χ0n) is 14.1. The molecule has 6 heteroatoms. The first-order valence-electron chi connectivity index (χ1n) is 7.65. The molecule has 0 saturated carbocycles. The van der Waals surface area contributed by atoms with Crippen LogP contribution in [0.5, 0.6) is 11.5 Å². The Morgan fingerprint density at radius 2 is 1.88 bits per heavy atom. The third-order valence-electron chi connectivity index (χ3n) is 3.69. The van der Waals surface area contributed by atoms with E-state index in [4.69, 9.17) is 13.9 Å². The van der Waals surface area contributed by atoms with E-state index in [0.717, 1.165) is 5.39 Å². The van der Waals surface area contributed by atoms with Crippen molar-refractivity contribution in [2.24, 2.45) is 0 Å². The smallest absolute Gasteiger partial charge is 0.379 e. The van der Waals surface area contributed by atoms with E-state index in [1.165, 1.54) is 6.92 Å². The van der Waals surface area contributed by atoms with Crippen LogP contribution in [0, 0.1) is 6.92 Å². The number of methoxy groups -OCH3 is 1. The van der Waals surface area contributed by atoms with Gasteiger partial charge in [-0.2, -0.15) is 0 Å². The number of carbonyl (C=O) groups is 2. The molecule has 1 amide bonds. The van der Waals surface area contributed by atoms with Crippen LogP contribution in [0.3, 0.4) is 0 Å². The van der Waals surface area contributed by atoms with E-state index >= 15 is 0 Å². The highest BCUT2D eigenvalue weighted by atomic mass is 16.5. The number of amides is 1. The first kappa shape index (κ1) is 16.6. The molecule has 0 atom stereocenters. The van der Waals surface area contributed by atoms with Gasteiger partial charge in [-0.05, 0) is 37.3 Å². The topological polar surface area (TPSA) is 77.8 Å². The molecule has 25 heavy (non-hydrogen) atoms. The first-order valence-corrected chi connectivity index (χ1v) is 7.65. The largest absolute Gasteiger partial charge is 0.497 e. The lowest BCUT2D eigenvalue weighted by Crippen LogP contribution is -2.10. The molecule has 3 rings (SSSR count). The second-order valence-corrected chi connectivity index (χ2v) is 5.52. The van der Waals surface area contributed by atoms with Gasteiger partial charge in [0.2, 0.25) is 11.7 Å². The number of nitrogens with one attached hydrogen (secondary N) is 1. The Labute approximate surface area is 144 Å². The maximum Gasteiger partial charge on any atom is 0.379 e. The number of rotatable bonds is 4. The predicted octanol–water partition coefficient (Wildman–Crippen LogP) is 3.93. The van der Waals surface area contributed by atoms with Gasteiger partial charge in [0.15, 0.2) is 0 Å². The summed E-state index contributed by atoms with van der Waals surface area (Å²) in [6, 6.07) is 11.9. The van der Waals surface area contributed by atoms with Gasteiger partial charge in [0.05, 0.1) is 7.11 Å². The highest BCUT2D eigenvalue weighted by molar-refractivity contribution is 5.97. The lowest BCUT2D eigenvalue weighted by atomic mass is 10.1. The number of ether oxygens (including phenoxy) is 2. The maximum atomic E-state index is 12.5. The second kappa shape index (κ2) is 6.68. The third kappa shape index (κ3) is 3.47. The van der Waals surface area contributed by atoms with Gasteiger partial charge in [-0.15, -0.1) is 0 Å². The average Bonchev–Trinajstić information content (AvgIpc) is 2.91. The van der Waals surface area contributed by atoms with E-state index in [1.807, 2.05) is 6.07 Å². The summed E-state index contributed by atoms with van der Waals surface area (Å²) in [5, 5.41) is 3.43. The number of hydrogen-bond donors (Lipinski definition) is 1. The molecule has 1 aromatic heterocycles. The van der Waals surface area contributed by atoms with Crippen LogP contribution in [0.4, 0.5) is 5.69 Å². The third-order valence-corrected chi connectivity index (χ3v) is 3.69. The molecule has 1 heterocycles. The van der Waals surface area contributed by atoms with Crippen molar-refractivity contribution in [1.29, 1.82) is 0 Å². The Kier molecular flexibility index (Phi) is 4.43. The van der Waals surface area contributed by atoms with E-state index < -0.39 is 5.97 Å². The molecular formula is C19H17NO5. The van der Waals surface area contributed by atoms with Crippen LogP contribution in [-0.4, -0.2) is 19.0 Å². The highest BCUT2D eigenvalue weighted by Crippen LogP contribution is 2.29. The molecule has 6 nitrogen and oxygen atoms in total. The molecule has 0 radical (unpaired) electrons. The maximum absolute atomic E-state index is 12.5. The molecule has 0 spiro atoms. The molecule has 2 aromatic carbocycles. The van der Waals surface area contributed by atoms with Crippen LogP contribution >= 0.6 is 0 Å². The lowest BCUT2D eigenvalue weighted by molar-refractivity contribution is -0.114. The number of aryl methyl sites for hydroxylation is 1. The highest BCUT2D eigenvalue weighted by Gasteiger charge is 2.20. The minimum absolute atomic E-state index is 0.133. The molecule has 0 saturated heterocycles. The summed E-state index contributed by atoms with van der Waals surface area (Å²) in [4.78, 5) is 23.6. The number of furan rings is 1. The Morgan fingerprint density at radius 1 is 1.08 bits per heavy atom. The molecule has 0 aliphatic carbocycles. The van der Waals surface area contributed by atoms with Gasteiger partial charge in [-0.25, -0.2) is 4.79 Å². The van der Waals surface area contributed by atoms with E-state index in [0.29, 0.717) is 28.3 Å². The number of carbonyl (C=O) groups excluding carboxylic acids is 2. The standard InChI is InChI=1S/C19H17NO5/c1-11-16-10-14(23-3)7-8-17(16)25-18(11)19(22)24-15-6-4-5-13(9-15)20-12(2)21/h4-10H,1-3H3,(H,20,21). The fraction of sp³-hybridized carbons (Fsp3) is 0.158. The van der Waals surface area contributed by atoms with Gasteiger partial charge in [0.1, 0.15) is 17.1 Å². The summed E-state index contributed by atoms with van der Waals surface area (Å²) in [5.74, 6) is 0.319. The summed E-state index contributed by atoms with van der Waals surface area (Å²) in [5.41, 5.74) is 1.80. The van der Waals surface area contributed by atoms with Crippen LogP contribution in [0.25, 0.3) is 11.0 Å². The van der Waals surface area contributed by atoms with Crippen LogP contribution in [0.2, 0.25) is 0 Å². The Hall–Kier alpha value is -3.28. The van der Waals surface area contributed by atoms with E-state index in [-0.39, 0.29) is 11.7 Å². The number of fused-ring (bicyclic) bond motifs is 1. The molecule has 128 valence electrons. The van der Waals surface area contributed by atoms with E-state index in [1.54, 1.807) is 50.4 Å². The van der Waals surface area contributed by atoms with Crippen molar-refractivity contribution >= 4 is 28.5 Å². The van der Waals surface area contributed by atoms with Crippen molar-refractivity contribution in [2.45, 2.75) is 13.8 Å². The number of anilines is 1. The first-order chi connectivity index (χ1) is 12.0. The fourth-order valence-electron chi connectivity index (χ4n) is 2.52. The summed E-state index contributed by atoms with van der Waals surface area (Å²) >= 11 is 0. The van der Waals surface area contributed by atoms with Crippen LogP contribution in [-0.2, 0) is 4.79 Å². The zero-order chi connectivity index (χ0) is 18.0. The van der Waals surface area contributed by atoms with E-state index in [9.17, 15) is 9.59 Å². The fourth-order valence-corrected chi connectivity index (χ4v) is 2.52. The molecular weight excluding hydrogens is 322 g/mol. The van der Waals surface area contributed by atoms with Crippen molar-refractivity contribution in [1.82, 2.24) is 0 Å². The summed E-state index contributed by atoms with van der Waals surface area (Å²) in [6.07, 6.45) is 0. The number of esters is 1. The van der Waals surface area contributed by atoms with Gasteiger partial charge in [-0.1, -0.05) is 6.07 Å². The molecule has 1 N–H and O–H groups in total. The van der Waals surface area contributed by atoms with Crippen LogP contribution in [0.1, 0.15) is 23.0 Å². The zero-order valence-corrected chi connectivity index (χ0v) is 14.1. The number of hydrogen-bond acceptors (Lipinski definition) is 5. The predicted molar refractivity (Wildman–Crippen MR) is 93.2 cm³/mol. The summed E-state index contributed by atoms with van der Waals surface area (Å²) in [6.45, 7) is 3.19. The van der Waals surface area contributed by atoms with Gasteiger partial charge in [0.25, 0.3) is 0 Å². The Balaban J connectivity index is 1.87. The van der Waals surface area contributed by atoms with Crippen molar-refractivity contribution in [3.8, 4) is 11.5 Å². The second-order valence-electron chi connectivity index (χ2n) is 5.52. The van der Waals surface area contributed by atoms with Crippen LogP contribution in [0.15, 0.2) is 46.9 Å². The van der Waals surface area contributed by atoms with Crippen molar-refractivity contribution in [3.05, 3.63) is 53.8 Å². The van der Waals surface area contributed by atoms with Gasteiger partial charge in [-0.3, -0.25) is 4.79 Å². The minimum atomic E-state index is -0.604. The molecule has 0 bridgehead atoms. The van der Waals surface area contributed by atoms with Crippen LogP contribution < -0.4 is 14.8 Å². The van der Waals surface area contributed by atoms with Gasteiger partial charge < -0.3 is 19.2 Å². The van der Waals surface area contributed by atoms with Crippen molar-refractivity contribution < 1.29 is 23.5 Å². The summed E-state index contributed by atoms with van der Waals surface area (Å²) in [7, 11) is 1.58. The number of benzene rings is 2. The van der Waals surface area contributed by atoms with E-state index in [2.05, 4.69) is 5.32 Å². The Bertz CT molecular complexity index is 958. The lowest BCUT2D eigenvalue weighted by Gasteiger charge is -2.06. The minimum Gasteiger partial charge on any atom is -0.497 e. The van der Waals surface area contributed by atoms with Crippen molar-refractivity contribution in [3.63, 3.8) is 0 Å². The van der Waals surface area contributed by atoms with Gasteiger partial charge in [0, 0.05) is 29.6 Å². The molecule has 0 unspecified atom stereocenters. The molecule has 0 aliphatic rings.